The maximum absolute atomic E-state index is 11.8. The number of para-hydroxylation sites is 2. The monoisotopic (exact) mass is 420 g/mol. The van der Waals surface area contributed by atoms with Gasteiger partial charge in [-0.3, -0.25) is 10.0 Å². The molecule has 7 nitrogen and oxygen atoms in total. The van der Waals surface area contributed by atoms with Crippen molar-refractivity contribution in [2.75, 3.05) is 18.1 Å². The molecule has 5 rings (SSSR count). The van der Waals surface area contributed by atoms with Crippen LogP contribution in [0.4, 0.5) is 5.95 Å². The third kappa shape index (κ3) is 3.97. The number of ether oxygens (including phenoxy) is 1. The number of carbonyl (C=O) groups excluding carboxylic acids is 1. The minimum Gasteiger partial charge on any atom is -0.491 e. The SMILES string of the molecule is O=C(NO)c1ccc2c(c1)OCCN(c1nc3ccccc3n1CC1CCCCC1)C2. The molecule has 0 radical (unpaired) electrons. The van der Waals surface area contributed by atoms with E-state index in [2.05, 4.69) is 27.7 Å². The van der Waals surface area contributed by atoms with E-state index in [-0.39, 0.29) is 0 Å². The first-order valence-corrected chi connectivity index (χ1v) is 11.1. The van der Waals surface area contributed by atoms with Crippen LogP contribution in [0.5, 0.6) is 5.75 Å². The molecule has 0 atom stereocenters. The van der Waals surface area contributed by atoms with Crippen LogP contribution in [-0.4, -0.2) is 33.8 Å². The van der Waals surface area contributed by atoms with Crippen LogP contribution in [0.15, 0.2) is 42.5 Å². The highest BCUT2D eigenvalue weighted by Crippen LogP contribution is 2.32. The van der Waals surface area contributed by atoms with Crippen molar-refractivity contribution in [3.63, 3.8) is 0 Å². The zero-order valence-corrected chi connectivity index (χ0v) is 17.6. The fourth-order valence-electron chi connectivity index (χ4n) is 4.86. The van der Waals surface area contributed by atoms with Gasteiger partial charge in [-0.25, -0.2) is 10.5 Å². The normalized spacial score (nSPS) is 17.1. The van der Waals surface area contributed by atoms with Crippen molar-refractivity contribution < 1.29 is 14.7 Å². The number of carbonyl (C=O) groups is 1. The van der Waals surface area contributed by atoms with E-state index < -0.39 is 5.91 Å². The maximum atomic E-state index is 11.8. The topological polar surface area (TPSA) is 79.6 Å². The molecule has 0 bridgehead atoms. The number of imidazole rings is 1. The smallest absolute Gasteiger partial charge is 0.274 e. The van der Waals surface area contributed by atoms with Crippen LogP contribution in [-0.2, 0) is 13.1 Å². The summed E-state index contributed by atoms with van der Waals surface area (Å²) in [5.41, 5.74) is 5.26. The summed E-state index contributed by atoms with van der Waals surface area (Å²) in [7, 11) is 0. The fourth-order valence-corrected chi connectivity index (χ4v) is 4.86. The molecule has 3 aromatic rings. The van der Waals surface area contributed by atoms with E-state index in [0.717, 1.165) is 23.6 Å². The van der Waals surface area contributed by atoms with Gasteiger partial charge in [0.05, 0.1) is 17.6 Å². The van der Waals surface area contributed by atoms with Crippen molar-refractivity contribution in [1.29, 1.82) is 0 Å². The first-order valence-electron chi connectivity index (χ1n) is 11.1. The molecule has 0 spiro atoms. The molecule has 1 amide bonds. The number of hydrogen-bond acceptors (Lipinski definition) is 5. The molecular weight excluding hydrogens is 392 g/mol. The van der Waals surface area contributed by atoms with E-state index in [1.807, 2.05) is 12.1 Å². The van der Waals surface area contributed by atoms with Gasteiger partial charge in [0.25, 0.3) is 5.91 Å². The van der Waals surface area contributed by atoms with E-state index in [1.54, 1.807) is 17.6 Å². The Bertz CT molecular complexity index is 1090. The number of benzene rings is 2. The Balaban J connectivity index is 1.48. The summed E-state index contributed by atoms with van der Waals surface area (Å²) < 4.78 is 8.35. The van der Waals surface area contributed by atoms with Crippen LogP contribution < -0.4 is 15.1 Å². The van der Waals surface area contributed by atoms with Crippen LogP contribution in [0.1, 0.15) is 48.0 Å². The van der Waals surface area contributed by atoms with Gasteiger partial charge in [-0.2, -0.15) is 0 Å². The van der Waals surface area contributed by atoms with Gasteiger partial charge in [0.1, 0.15) is 12.4 Å². The predicted molar refractivity (Wildman–Crippen MR) is 119 cm³/mol. The van der Waals surface area contributed by atoms with Gasteiger partial charge >= 0.3 is 0 Å². The zero-order chi connectivity index (χ0) is 21.2. The summed E-state index contributed by atoms with van der Waals surface area (Å²) in [5, 5.41) is 8.91. The molecule has 1 aromatic heterocycles. The first-order chi connectivity index (χ1) is 15.2. The number of hydroxylamine groups is 1. The molecule has 1 saturated carbocycles. The van der Waals surface area contributed by atoms with Crippen molar-refractivity contribution in [2.45, 2.75) is 45.2 Å². The van der Waals surface area contributed by atoms with Gasteiger partial charge in [0, 0.05) is 24.2 Å². The largest absolute Gasteiger partial charge is 0.491 e. The number of amides is 1. The zero-order valence-electron chi connectivity index (χ0n) is 17.6. The van der Waals surface area contributed by atoms with E-state index in [0.29, 0.717) is 36.9 Å². The third-order valence-electron chi connectivity index (χ3n) is 6.49. The summed E-state index contributed by atoms with van der Waals surface area (Å²) in [6.45, 7) is 2.87. The fraction of sp³-hybridized carbons (Fsp3) is 0.417. The number of nitrogens with one attached hydrogen (secondary N) is 1. The van der Waals surface area contributed by atoms with Crippen molar-refractivity contribution in [3.05, 3.63) is 53.6 Å². The summed E-state index contributed by atoms with van der Waals surface area (Å²) in [6.07, 6.45) is 6.56. The highest BCUT2D eigenvalue weighted by Gasteiger charge is 2.24. The molecule has 7 heteroatoms. The van der Waals surface area contributed by atoms with Gasteiger partial charge in [0.15, 0.2) is 0 Å². The Labute approximate surface area is 181 Å². The Morgan fingerprint density at radius 2 is 2.00 bits per heavy atom. The molecule has 1 fully saturated rings. The molecule has 31 heavy (non-hydrogen) atoms. The van der Waals surface area contributed by atoms with Crippen molar-refractivity contribution in [3.8, 4) is 5.75 Å². The Morgan fingerprint density at radius 1 is 1.16 bits per heavy atom. The summed E-state index contributed by atoms with van der Waals surface area (Å²) in [5.74, 6) is 1.82. The lowest BCUT2D eigenvalue weighted by atomic mass is 9.89. The van der Waals surface area contributed by atoms with Gasteiger partial charge in [0.2, 0.25) is 5.95 Å². The van der Waals surface area contributed by atoms with Gasteiger partial charge in [-0.05, 0) is 43.0 Å². The highest BCUT2D eigenvalue weighted by atomic mass is 16.5. The van der Waals surface area contributed by atoms with Crippen LogP contribution in [0.3, 0.4) is 0 Å². The van der Waals surface area contributed by atoms with Gasteiger partial charge < -0.3 is 14.2 Å². The standard InChI is InChI=1S/C24H28N4O3/c29-23(26-30)18-10-11-19-16-27(12-13-31-22(19)14-18)24-25-20-8-4-5-9-21(20)28(24)15-17-6-2-1-3-7-17/h4-5,8-11,14,17,30H,1-3,6-7,12-13,15-16H2,(H,26,29). The quantitative estimate of drug-likeness (QED) is 0.490. The van der Waals surface area contributed by atoms with E-state index >= 15 is 0 Å². The minimum absolute atomic E-state index is 0.374. The van der Waals surface area contributed by atoms with Crippen molar-refractivity contribution in [1.82, 2.24) is 15.0 Å². The van der Waals surface area contributed by atoms with Crippen molar-refractivity contribution in [2.24, 2.45) is 5.92 Å². The third-order valence-corrected chi connectivity index (χ3v) is 6.49. The van der Waals surface area contributed by atoms with Crippen LogP contribution >= 0.6 is 0 Å². The van der Waals surface area contributed by atoms with Gasteiger partial charge in [-0.1, -0.05) is 37.5 Å². The highest BCUT2D eigenvalue weighted by molar-refractivity contribution is 5.93. The van der Waals surface area contributed by atoms with Crippen LogP contribution in [0, 0.1) is 5.92 Å². The average Bonchev–Trinajstić information content (AvgIpc) is 3.03. The Kier molecular flexibility index (Phi) is 5.51. The van der Waals surface area contributed by atoms with E-state index in [4.69, 9.17) is 14.9 Å². The summed E-state index contributed by atoms with van der Waals surface area (Å²) in [6, 6.07) is 13.7. The minimum atomic E-state index is -0.540. The first kappa shape index (κ1) is 19.9. The van der Waals surface area contributed by atoms with Gasteiger partial charge in [-0.15, -0.1) is 0 Å². The number of rotatable bonds is 4. The second-order valence-corrected chi connectivity index (χ2v) is 8.55. The molecule has 0 saturated heterocycles. The van der Waals surface area contributed by atoms with E-state index in [1.165, 1.54) is 37.6 Å². The second kappa shape index (κ2) is 8.59. The van der Waals surface area contributed by atoms with Crippen molar-refractivity contribution >= 4 is 22.9 Å². The molecular formula is C24H28N4O3. The molecule has 2 aliphatic rings. The number of anilines is 1. The Morgan fingerprint density at radius 3 is 2.84 bits per heavy atom. The molecule has 2 heterocycles. The molecule has 1 aliphatic heterocycles. The molecule has 162 valence electrons. The number of nitrogens with zero attached hydrogens (tertiary/aromatic N) is 3. The summed E-state index contributed by atoms with van der Waals surface area (Å²) >= 11 is 0. The predicted octanol–water partition coefficient (Wildman–Crippen LogP) is 4.13. The van der Waals surface area contributed by atoms with E-state index in [9.17, 15) is 4.79 Å². The lowest BCUT2D eigenvalue weighted by molar-refractivity contribution is 0.0706. The maximum Gasteiger partial charge on any atom is 0.274 e. The van der Waals surface area contributed by atoms with Crippen LogP contribution in [0.2, 0.25) is 0 Å². The summed E-state index contributed by atoms with van der Waals surface area (Å²) in [4.78, 5) is 19.1. The number of fused-ring (bicyclic) bond motifs is 2. The number of aromatic nitrogens is 2. The molecule has 1 aliphatic carbocycles. The molecule has 2 N–H and O–H groups in total. The second-order valence-electron chi connectivity index (χ2n) is 8.55. The number of hydrogen-bond donors (Lipinski definition) is 2. The average molecular weight is 421 g/mol. The lowest BCUT2D eigenvalue weighted by Crippen LogP contribution is -2.29. The molecule has 0 unspecified atom stereocenters. The lowest BCUT2D eigenvalue weighted by Gasteiger charge is -2.26. The van der Waals surface area contributed by atoms with Crippen LogP contribution in [0.25, 0.3) is 11.0 Å². The Hall–Kier alpha value is -3.06. The molecule has 2 aromatic carbocycles.